The molecule has 0 fully saturated rings. The molecule has 0 aliphatic carbocycles. The number of hydrogen-bond acceptors (Lipinski definition) is 7. The summed E-state index contributed by atoms with van der Waals surface area (Å²) in [7, 11) is 1.86. The average molecular weight is 565 g/mol. The minimum absolute atomic E-state index is 0.0907. The van der Waals surface area contributed by atoms with Crippen LogP contribution in [0.1, 0.15) is 53.1 Å². The van der Waals surface area contributed by atoms with Gasteiger partial charge in [-0.05, 0) is 65.9 Å². The first-order valence-corrected chi connectivity index (χ1v) is 14.3. The highest BCUT2D eigenvalue weighted by atomic mass is 16.5. The quantitative estimate of drug-likeness (QED) is 0.229. The van der Waals surface area contributed by atoms with Gasteiger partial charge in [0.25, 0.3) is 0 Å². The summed E-state index contributed by atoms with van der Waals surface area (Å²) in [6.07, 6.45) is 7.01. The third-order valence-corrected chi connectivity index (χ3v) is 8.38. The van der Waals surface area contributed by atoms with E-state index in [1.54, 1.807) is 18.6 Å². The van der Waals surface area contributed by atoms with Crippen molar-refractivity contribution in [3.05, 3.63) is 107 Å². The number of aromatic nitrogens is 2. The Hall–Kier alpha value is -4.43. The smallest absolute Gasteiger partial charge is 0.231 e. The van der Waals surface area contributed by atoms with E-state index in [2.05, 4.69) is 56.7 Å². The number of carbonyl (C=O) groups excluding carboxylic acids is 1. The topological polar surface area (TPSA) is 105 Å². The molecule has 0 bridgehead atoms. The fourth-order valence-electron chi connectivity index (χ4n) is 5.82. The molecule has 4 aromatic rings. The number of carbonyl (C=O) groups is 1. The monoisotopic (exact) mass is 564 g/mol. The number of rotatable bonds is 8. The van der Waals surface area contributed by atoms with Crippen molar-refractivity contribution in [2.75, 3.05) is 36.6 Å². The van der Waals surface area contributed by atoms with Crippen LogP contribution in [0, 0.1) is 19.3 Å². The Kier molecular flexibility index (Phi) is 8.45. The fraction of sp³-hybridized carbons (Fsp3) is 0.324. The van der Waals surface area contributed by atoms with E-state index < -0.39 is 5.41 Å². The predicted molar refractivity (Wildman–Crippen MR) is 169 cm³/mol. The van der Waals surface area contributed by atoms with Gasteiger partial charge in [-0.25, -0.2) is 0 Å². The van der Waals surface area contributed by atoms with E-state index in [-0.39, 0.29) is 11.8 Å². The van der Waals surface area contributed by atoms with Crippen LogP contribution in [-0.2, 0) is 17.9 Å². The number of hydrogen-bond donors (Lipinski definition) is 3. The SMILES string of the molecule is CNc1ccc(C(c2ccc(C)c(CN3CCOc4ccncc4C3)c2)C(C)(C)C(=O)Nc2cccnc2)c(C)c1N. The first-order chi connectivity index (χ1) is 20.2. The molecule has 8 nitrogen and oxygen atoms in total. The summed E-state index contributed by atoms with van der Waals surface area (Å²) in [6.45, 7) is 11.1. The molecular formula is C34H40N6O2. The maximum atomic E-state index is 14.0. The summed E-state index contributed by atoms with van der Waals surface area (Å²) in [5.41, 5.74) is 14.5. The second-order valence-corrected chi connectivity index (χ2v) is 11.6. The van der Waals surface area contributed by atoms with Crippen LogP contribution in [0.2, 0.25) is 0 Å². The molecule has 4 N–H and O–H groups in total. The summed E-state index contributed by atoms with van der Waals surface area (Å²) in [5, 5.41) is 6.27. The zero-order valence-corrected chi connectivity index (χ0v) is 25.1. The number of amides is 1. The van der Waals surface area contributed by atoms with E-state index in [0.29, 0.717) is 18.0 Å². The minimum atomic E-state index is -0.832. The Bertz CT molecular complexity index is 1570. The van der Waals surface area contributed by atoms with E-state index in [0.717, 1.165) is 53.3 Å². The van der Waals surface area contributed by atoms with Gasteiger partial charge in [-0.1, -0.05) is 38.1 Å². The molecule has 1 aliphatic rings. The zero-order chi connectivity index (χ0) is 29.9. The highest BCUT2D eigenvalue weighted by Gasteiger charge is 2.40. The first-order valence-electron chi connectivity index (χ1n) is 14.3. The van der Waals surface area contributed by atoms with Crippen LogP contribution in [0.25, 0.3) is 0 Å². The molecule has 3 heterocycles. The van der Waals surface area contributed by atoms with Crippen molar-refractivity contribution < 1.29 is 9.53 Å². The number of nitrogens with one attached hydrogen (secondary N) is 2. The van der Waals surface area contributed by atoms with E-state index in [4.69, 9.17) is 10.5 Å². The Morgan fingerprint density at radius 2 is 1.90 bits per heavy atom. The van der Waals surface area contributed by atoms with Gasteiger partial charge in [0.05, 0.1) is 28.7 Å². The molecule has 1 aliphatic heterocycles. The molecule has 2 aromatic carbocycles. The van der Waals surface area contributed by atoms with Crippen LogP contribution in [0.5, 0.6) is 5.75 Å². The number of ether oxygens (including phenoxy) is 1. The average Bonchev–Trinajstić information content (AvgIpc) is 3.19. The standard InChI is InChI=1S/C34H40N6O2/c1-22-8-9-24(17-25(22)20-40-15-16-42-30-12-14-38-18-26(30)21-40)31(28-10-11-29(36-5)32(35)23(28)2)34(3,4)33(41)39-27-7-6-13-37-19-27/h6-14,17-19,31,36H,15-16,20-21,35H2,1-5H3,(H,39,41). The number of nitrogen functional groups attached to an aromatic ring is 1. The van der Waals surface area contributed by atoms with Crippen molar-refractivity contribution >= 4 is 23.0 Å². The molecule has 0 radical (unpaired) electrons. The van der Waals surface area contributed by atoms with Gasteiger partial charge < -0.3 is 21.1 Å². The van der Waals surface area contributed by atoms with Crippen molar-refractivity contribution in [3.8, 4) is 5.75 Å². The predicted octanol–water partition coefficient (Wildman–Crippen LogP) is 5.91. The van der Waals surface area contributed by atoms with Crippen LogP contribution >= 0.6 is 0 Å². The van der Waals surface area contributed by atoms with Gasteiger partial charge in [0, 0.05) is 56.8 Å². The number of anilines is 3. The van der Waals surface area contributed by atoms with Crippen LogP contribution in [0.15, 0.2) is 73.3 Å². The van der Waals surface area contributed by atoms with Gasteiger partial charge in [-0.3, -0.25) is 19.7 Å². The molecule has 1 amide bonds. The minimum Gasteiger partial charge on any atom is -0.492 e. The Labute approximate surface area is 248 Å². The maximum Gasteiger partial charge on any atom is 0.231 e. The van der Waals surface area contributed by atoms with Crippen molar-refractivity contribution in [1.29, 1.82) is 0 Å². The summed E-state index contributed by atoms with van der Waals surface area (Å²) in [4.78, 5) is 24.8. The lowest BCUT2D eigenvalue weighted by Gasteiger charge is -2.36. The van der Waals surface area contributed by atoms with E-state index >= 15 is 0 Å². The second kappa shape index (κ2) is 12.2. The number of fused-ring (bicyclic) bond motifs is 1. The molecule has 5 rings (SSSR count). The molecule has 0 saturated heterocycles. The number of pyridine rings is 2. The lowest BCUT2D eigenvalue weighted by atomic mass is 9.69. The van der Waals surface area contributed by atoms with Crippen LogP contribution in [0.4, 0.5) is 17.1 Å². The molecule has 42 heavy (non-hydrogen) atoms. The molecule has 218 valence electrons. The normalized spacial score (nSPS) is 14.3. The van der Waals surface area contributed by atoms with Crippen molar-refractivity contribution in [1.82, 2.24) is 14.9 Å². The van der Waals surface area contributed by atoms with Crippen LogP contribution in [-0.4, -0.2) is 41.0 Å². The summed E-state index contributed by atoms with van der Waals surface area (Å²) in [6, 6.07) is 16.3. The Morgan fingerprint density at radius 3 is 2.67 bits per heavy atom. The molecule has 2 aromatic heterocycles. The van der Waals surface area contributed by atoms with Crippen LogP contribution in [0.3, 0.4) is 0 Å². The largest absolute Gasteiger partial charge is 0.492 e. The number of nitrogens with zero attached hydrogens (tertiary/aromatic N) is 3. The number of benzene rings is 2. The second-order valence-electron chi connectivity index (χ2n) is 11.6. The number of nitrogens with two attached hydrogens (primary N) is 1. The third-order valence-electron chi connectivity index (χ3n) is 8.38. The van der Waals surface area contributed by atoms with Gasteiger partial charge in [0.15, 0.2) is 0 Å². The Morgan fingerprint density at radius 1 is 1.10 bits per heavy atom. The first kappa shape index (κ1) is 29.1. The number of aryl methyl sites for hydroxylation is 1. The van der Waals surface area contributed by atoms with Gasteiger partial charge in [-0.15, -0.1) is 0 Å². The molecule has 1 unspecified atom stereocenters. The third kappa shape index (κ3) is 5.94. The Balaban J connectivity index is 1.54. The molecule has 8 heteroatoms. The fourth-order valence-corrected chi connectivity index (χ4v) is 5.82. The highest BCUT2D eigenvalue weighted by Crippen LogP contribution is 2.45. The van der Waals surface area contributed by atoms with Gasteiger partial charge in [0.1, 0.15) is 12.4 Å². The van der Waals surface area contributed by atoms with Crippen molar-refractivity contribution in [2.45, 2.75) is 46.7 Å². The van der Waals surface area contributed by atoms with Crippen molar-refractivity contribution in [2.24, 2.45) is 5.41 Å². The van der Waals surface area contributed by atoms with E-state index in [9.17, 15) is 4.79 Å². The molecule has 0 spiro atoms. The molecule has 1 atom stereocenters. The van der Waals surface area contributed by atoms with Gasteiger partial charge >= 0.3 is 0 Å². The summed E-state index contributed by atoms with van der Waals surface area (Å²) in [5.74, 6) is 0.545. The van der Waals surface area contributed by atoms with Gasteiger partial charge in [0.2, 0.25) is 5.91 Å². The zero-order valence-electron chi connectivity index (χ0n) is 25.1. The van der Waals surface area contributed by atoms with E-state index in [1.165, 1.54) is 11.1 Å². The highest BCUT2D eigenvalue weighted by molar-refractivity contribution is 5.96. The lowest BCUT2D eigenvalue weighted by Crippen LogP contribution is -2.37. The van der Waals surface area contributed by atoms with Crippen LogP contribution < -0.4 is 21.1 Å². The van der Waals surface area contributed by atoms with Crippen molar-refractivity contribution in [3.63, 3.8) is 0 Å². The molecular weight excluding hydrogens is 524 g/mol. The molecule has 0 saturated carbocycles. The van der Waals surface area contributed by atoms with Gasteiger partial charge in [-0.2, -0.15) is 0 Å². The van der Waals surface area contributed by atoms with E-state index in [1.807, 2.05) is 58.3 Å². The summed E-state index contributed by atoms with van der Waals surface area (Å²) < 4.78 is 5.98. The maximum absolute atomic E-state index is 14.0. The summed E-state index contributed by atoms with van der Waals surface area (Å²) >= 11 is 0. The lowest BCUT2D eigenvalue weighted by molar-refractivity contribution is -0.124.